The second-order valence-electron chi connectivity index (χ2n) is 3.42. The molecule has 1 heterocycles. The Morgan fingerprint density at radius 2 is 2.06 bits per heavy atom. The molecule has 0 spiro atoms. The molecule has 0 bridgehead atoms. The zero-order valence-electron chi connectivity index (χ0n) is 8.64. The van der Waals surface area contributed by atoms with E-state index in [9.17, 15) is 0 Å². The van der Waals surface area contributed by atoms with Crippen LogP contribution in [0, 0.1) is 11.3 Å². The summed E-state index contributed by atoms with van der Waals surface area (Å²) >= 11 is 3.37. The van der Waals surface area contributed by atoms with Gasteiger partial charge >= 0.3 is 0 Å². The predicted molar refractivity (Wildman–Crippen MR) is 63.7 cm³/mol. The summed E-state index contributed by atoms with van der Waals surface area (Å²) in [5.74, 6) is 0.828. The normalized spacial score (nSPS) is 12.1. The van der Waals surface area contributed by atoms with Crippen molar-refractivity contribution in [2.45, 2.75) is 12.8 Å². The number of nitriles is 1. The highest BCUT2D eigenvalue weighted by atomic mass is 79.9. The first-order valence-electron chi connectivity index (χ1n) is 4.82. The Labute approximate surface area is 102 Å². The fourth-order valence-electron chi connectivity index (χ4n) is 1.29. The first-order chi connectivity index (χ1) is 7.70. The van der Waals surface area contributed by atoms with Crippen LogP contribution in [0.5, 0.6) is 0 Å². The van der Waals surface area contributed by atoms with E-state index in [4.69, 9.17) is 9.68 Å². The number of halogens is 1. The SMILES string of the molecule is CC(C#N)c1ncc(-c2ccc(Br)cc2)o1. The summed E-state index contributed by atoms with van der Waals surface area (Å²) in [4.78, 5) is 4.08. The third kappa shape index (κ3) is 2.15. The van der Waals surface area contributed by atoms with E-state index < -0.39 is 0 Å². The molecule has 2 aromatic rings. The lowest BCUT2D eigenvalue weighted by Gasteiger charge is -1.97. The van der Waals surface area contributed by atoms with Gasteiger partial charge in [0.15, 0.2) is 5.76 Å². The van der Waals surface area contributed by atoms with Gasteiger partial charge < -0.3 is 4.42 Å². The van der Waals surface area contributed by atoms with Crippen molar-refractivity contribution in [3.63, 3.8) is 0 Å². The number of nitrogens with zero attached hydrogens (tertiary/aromatic N) is 2. The molecule has 0 saturated carbocycles. The molecule has 2 rings (SSSR count). The molecule has 0 fully saturated rings. The van der Waals surface area contributed by atoms with Crippen molar-refractivity contribution < 1.29 is 4.42 Å². The average molecular weight is 277 g/mol. The average Bonchev–Trinajstić information content (AvgIpc) is 2.78. The number of hydrogen-bond acceptors (Lipinski definition) is 3. The molecule has 1 aromatic carbocycles. The van der Waals surface area contributed by atoms with Crippen LogP contribution < -0.4 is 0 Å². The van der Waals surface area contributed by atoms with Crippen molar-refractivity contribution in [3.8, 4) is 17.4 Å². The van der Waals surface area contributed by atoms with E-state index in [-0.39, 0.29) is 5.92 Å². The molecule has 0 radical (unpaired) electrons. The highest BCUT2D eigenvalue weighted by Crippen LogP contribution is 2.24. The first-order valence-corrected chi connectivity index (χ1v) is 5.61. The molecule has 0 aliphatic rings. The van der Waals surface area contributed by atoms with Crippen molar-refractivity contribution in [3.05, 3.63) is 40.8 Å². The molecule has 1 aromatic heterocycles. The van der Waals surface area contributed by atoms with Gasteiger partial charge in [0, 0.05) is 10.0 Å². The standard InChI is InChI=1S/C12H9BrN2O/c1-8(6-14)12-15-7-11(16-12)9-2-4-10(13)5-3-9/h2-5,7-8H,1H3. The van der Waals surface area contributed by atoms with Gasteiger partial charge in [-0.3, -0.25) is 0 Å². The Morgan fingerprint density at radius 1 is 1.38 bits per heavy atom. The maximum Gasteiger partial charge on any atom is 0.211 e. The summed E-state index contributed by atoms with van der Waals surface area (Å²) in [6, 6.07) is 9.83. The fourth-order valence-corrected chi connectivity index (χ4v) is 1.55. The van der Waals surface area contributed by atoms with E-state index in [1.165, 1.54) is 0 Å². The van der Waals surface area contributed by atoms with Gasteiger partial charge in [-0.25, -0.2) is 4.98 Å². The molecule has 0 aliphatic carbocycles. The van der Waals surface area contributed by atoms with Crippen molar-refractivity contribution >= 4 is 15.9 Å². The van der Waals surface area contributed by atoms with E-state index >= 15 is 0 Å². The summed E-state index contributed by atoms with van der Waals surface area (Å²) in [5.41, 5.74) is 0.951. The van der Waals surface area contributed by atoms with Crippen LogP contribution in [-0.4, -0.2) is 4.98 Å². The summed E-state index contributed by atoms with van der Waals surface area (Å²) in [6.07, 6.45) is 1.65. The molecule has 16 heavy (non-hydrogen) atoms. The van der Waals surface area contributed by atoms with Gasteiger partial charge in [-0.05, 0) is 19.1 Å². The molecule has 0 aliphatic heterocycles. The van der Waals surface area contributed by atoms with Crippen molar-refractivity contribution in [2.24, 2.45) is 0 Å². The maximum atomic E-state index is 8.75. The molecule has 0 amide bonds. The molecule has 1 atom stereocenters. The predicted octanol–water partition coefficient (Wildman–Crippen LogP) is 3.73. The van der Waals surface area contributed by atoms with E-state index in [0.29, 0.717) is 11.7 Å². The molecule has 4 heteroatoms. The van der Waals surface area contributed by atoms with E-state index in [1.54, 1.807) is 13.1 Å². The van der Waals surface area contributed by atoms with Crippen LogP contribution in [0.1, 0.15) is 18.7 Å². The summed E-state index contributed by atoms with van der Waals surface area (Å²) in [7, 11) is 0. The monoisotopic (exact) mass is 276 g/mol. The second kappa shape index (κ2) is 4.50. The Morgan fingerprint density at radius 3 is 2.69 bits per heavy atom. The molecule has 3 nitrogen and oxygen atoms in total. The highest BCUT2D eigenvalue weighted by Gasteiger charge is 2.12. The van der Waals surface area contributed by atoms with Crippen LogP contribution in [0.3, 0.4) is 0 Å². The zero-order valence-corrected chi connectivity index (χ0v) is 10.2. The lowest BCUT2D eigenvalue weighted by Crippen LogP contribution is -1.87. The van der Waals surface area contributed by atoms with Crippen LogP contribution in [0.4, 0.5) is 0 Å². The number of benzene rings is 1. The van der Waals surface area contributed by atoms with Gasteiger partial charge in [0.25, 0.3) is 0 Å². The maximum absolute atomic E-state index is 8.75. The Hall–Kier alpha value is -1.60. The number of rotatable bonds is 2. The largest absolute Gasteiger partial charge is 0.439 e. The first kappa shape index (κ1) is 10.9. The van der Waals surface area contributed by atoms with Gasteiger partial charge in [0.05, 0.1) is 12.3 Å². The van der Waals surface area contributed by atoms with E-state index in [2.05, 4.69) is 27.0 Å². The fraction of sp³-hybridized carbons (Fsp3) is 0.167. The van der Waals surface area contributed by atoms with E-state index in [0.717, 1.165) is 10.0 Å². The summed E-state index contributed by atoms with van der Waals surface area (Å²) < 4.78 is 6.53. The van der Waals surface area contributed by atoms with Gasteiger partial charge in [-0.2, -0.15) is 5.26 Å². The molecule has 0 N–H and O–H groups in total. The molecular weight excluding hydrogens is 268 g/mol. The third-order valence-corrected chi connectivity index (χ3v) is 2.75. The van der Waals surface area contributed by atoms with Crippen LogP contribution in [0.2, 0.25) is 0 Å². The Bertz CT molecular complexity index is 525. The number of oxazole rings is 1. The smallest absolute Gasteiger partial charge is 0.211 e. The van der Waals surface area contributed by atoms with Crippen LogP contribution in [-0.2, 0) is 0 Å². The van der Waals surface area contributed by atoms with Gasteiger partial charge in [0.1, 0.15) is 5.92 Å². The topological polar surface area (TPSA) is 49.8 Å². The number of hydrogen-bond donors (Lipinski definition) is 0. The van der Waals surface area contributed by atoms with Gasteiger partial charge in [0.2, 0.25) is 5.89 Å². The van der Waals surface area contributed by atoms with Crippen molar-refractivity contribution in [1.29, 1.82) is 5.26 Å². The number of aromatic nitrogens is 1. The molecule has 1 unspecified atom stereocenters. The summed E-state index contributed by atoms with van der Waals surface area (Å²) in [5, 5.41) is 8.75. The highest BCUT2D eigenvalue weighted by molar-refractivity contribution is 9.10. The second-order valence-corrected chi connectivity index (χ2v) is 4.34. The van der Waals surface area contributed by atoms with Crippen molar-refractivity contribution in [2.75, 3.05) is 0 Å². The minimum Gasteiger partial charge on any atom is -0.439 e. The molecule has 0 saturated heterocycles. The molecular formula is C12H9BrN2O. The third-order valence-electron chi connectivity index (χ3n) is 2.22. The lowest BCUT2D eigenvalue weighted by molar-refractivity contribution is 0.498. The quantitative estimate of drug-likeness (QED) is 0.840. The lowest BCUT2D eigenvalue weighted by atomic mass is 10.2. The van der Waals surface area contributed by atoms with Gasteiger partial charge in [-0.1, -0.05) is 28.1 Å². The summed E-state index contributed by atoms with van der Waals surface area (Å²) in [6.45, 7) is 1.76. The van der Waals surface area contributed by atoms with Crippen LogP contribution in [0.25, 0.3) is 11.3 Å². The minimum atomic E-state index is -0.316. The Balaban J connectivity index is 2.32. The zero-order chi connectivity index (χ0) is 11.5. The van der Waals surface area contributed by atoms with Crippen LogP contribution in [0.15, 0.2) is 39.4 Å². The Kier molecular flexibility index (Phi) is 3.07. The van der Waals surface area contributed by atoms with E-state index in [1.807, 2.05) is 24.3 Å². The van der Waals surface area contributed by atoms with Crippen LogP contribution >= 0.6 is 15.9 Å². The molecule has 80 valence electrons. The minimum absolute atomic E-state index is 0.316. The van der Waals surface area contributed by atoms with Crippen molar-refractivity contribution in [1.82, 2.24) is 4.98 Å². The van der Waals surface area contributed by atoms with Gasteiger partial charge in [-0.15, -0.1) is 0 Å².